The van der Waals surface area contributed by atoms with E-state index in [1.165, 1.54) is 0 Å². The molecule has 1 aliphatic heterocycles. The van der Waals surface area contributed by atoms with E-state index in [4.69, 9.17) is 0 Å². The van der Waals surface area contributed by atoms with Gasteiger partial charge in [-0.2, -0.15) is 0 Å². The average Bonchev–Trinajstić information content (AvgIpc) is 3.31. The van der Waals surface area contributed by atoms with Crippen molar-refractivity contribution in [2.45, 2.75) is 58.7 Å². The molecule has 0 aliphatic carbocycles. The number of nitrogens with zero attached hydrogens (tertiary/aromatic N) is 2. The Morgan fingerprint density at radius 1 is 1.06 bits per heavy atom. The van der Waals surface area contributed by atoms with Gasteiger partial charge in [0.25, 0.3) is 0 Å². The first-order chi connectivity index (χ1) is 15.6. The number of para-hydroxylation sites is 1. The second-order valence-corrected chi connectivity index (χ2v) is 10.00. The Balaban J connectivity index is 1.85. The van der Waals surface area contributed by atoms with Crippen LogP contribution in [0.4, 0.5) is 11.4 Å². The lowest BCUT2D eigenvalue weighted by molar-refractivity contribution is -0.140. The molecule has 0 unspecified atom stereocenters. The van der Waals surface area contributed by atoms with Crippen LogP contribution in [0.5, 0.6) is 0 Å². The minimum atomic E-state index is -0.587. The summed E-state index contributed by atoms with van der Waals surface area (Å²) in [5.41, 5.74) is 2.93. The third kappa shape index (κ3) is 5.74. The summed E-state index contributed by atoms with van der Waals surface area (Å²) >= 11 is 0. The van der Waals surface area contributed by atoms with Gasteiger partial charge in [0.1, 0.15) is 6.04 Å². The van der Waals surface area contributed by atoms with Crippen molar-refractivity contribution in [2.24, 2.45) is 5.41 Å². The molecule has 0 radical (unpaired) electrons. The van der Waals surface area contributed by atoms with Crippen LogP contribution in [0.3, 0.4) is 0 Å². The first kappa shape index (κ1) is 24.8. The first-order valence-electron chi connectivity index (χ1n) is 11.8. The average molecular weight is 451 g/mol. The number of carbonyl (C=O) groups excluding carboxylic acids is 2. The maximum atomic E-state index is 13.7. The minimum Gasteiger partial charge on any atom is -0.345 e. The second kappa shape index (κ2) is 10.4. The van der Waals surface area contributed by atoms with Crippen molar-refractivity contribution in [3.63, 3.8) is 0 Å². The summed E-state index contributed by atoms with van der Waals surface area (Å²) in [5, 5.41) is 5.96. The lowest BCUT2D eigenvalue weighted by Gasteiger charge is -2.36. The summed E-state index contributed by atoms with van der Waals surface area (Å²) in [5.74, 6) is -0.170. The summed E-state index contributed by atoms with van der Waals surface area (Å²) in [6.45, 7) is 8.50. The Kier molecular flexibility index (Phi) is 7.80. The fourth-order valence-electron chi connectivity index (χ4n) is 4.33. The van der Waals surface area contributed by atoms with Crippen LogP contribution in [-0.4, -0.2) is 49.4 Å². The van der Waals surface area contributed by atoms with Crippen LogP contribution in [0.1, 0.15) is 52.1 Å². The molecular weight excluding hydrogens is 412 g/mol. The van der Waals surface area contributed by atoms with Crippen LogP contribution >= 0.6 is 0 Å². The predicted octanol–water partition coefficient (Wildman–Crippen LogP) is 4.26. The van der Waals surface area contributed by atoms with Crippen LogP contribution in [0.2, 0.25) is 0 Å². The smallest absolute Gasteiger partial charge is 0.246 e. The molecule has 1 heterocycles. The Labute approximate surface area is 198 Å². The number of rotatable bonds is 7. The van der Waals surface area contributed by atoms with E-state index >= 15 is 0 Å². The number of amides is 2. The molecule has 178 valence electrons. The zero-order valence-electron chi connectivity index (χ0n) is 20.8. The largest absolute Gasteiger partial charge is 0.345 e. The van der Waals surface area contributed by atoms with E-state index in [-0.39, 0.29) is 23.9 Å². The molecule has 3 rings (SSSR count). The maximum Gasteiger partial charge on any atom is 0.246 e. The number of hydrogen-bond acceptors (Lipinski definition) is 4. The number of likely N-dealkylation sites (tertiary alicyclic amines) is 1. The van der Waals surface area contributed by atoms with Gasteiger partial charge in [-0.15, -0.1) is 0 Å². The lowest BCUT2D eigenvalue weighted by atomic mass is 9.85. The monoisotopic (exact) mass is 450 g/mol. The van der Waals surface area contributed by atoms with E-state index in [9.17, 15) is 9.59 Å². The number of likely N-dealkylation sites (N-methyl/N-ethyl adjacent to an activating group) is 1. The molecule has 0 bridgehead atoms. The van der Waals surface area contributed by atoms with Crippen LogP contribution in [0.15, 0.2) is 54.6 Å². The van der Waals surface area contributed by atoms with Gasteiger partial charge in [-0.3, -0.25) is 9.59 Å². The van der Waals surface area contributed by atoms with Gasteiger partial charge in [0, 0.05) is 25.0 Å². The van der Waals surface area contributed by atoms with Gasteiger partial charge in [0.2, 0.25) is 11.8 Å². The molecule has 1 saturated heterocycles. The molecule has 1 aliphatic rings. The van der Waals surface area contributed by atoms with E-state index in [0.717, 1.165) is 29.8 Å². The molecule has 2 N–H and O–H groups in total. The normalized spacial score (nSPS) is 18.0. The molecule has 0 spiro atoms. The van der Waals surface area contributed by atoms with E-state index < -0.39 is 11.5 Å². The van der Waals surface area contributed by atoms with Gasteiger partial charge < -0.3 is 20.4 Å². The van der Waals surface area contributed by atoms with Crippen molar-refractivity contribution >= 4 is 23.2 Å². The van der Waals surface area contributed by atoms with Crippen molar-refractivity contribution in [3.05, 3.63) is 60.2 Å². The lowest BCUT2D eigenvalue weighted by Crippen LogP contribution is -2.57. The fourth-order valence-corrected chi connectivity index (χ4v) is 4.33. The highest BCUT2D eigenvalue weighted by atomic mass is 16.2. The highest BCUT2D eigenvalue weighted by molar-refractivity contribution is 5.90. The van der Waals surface area contributed by atoms with Crippen molar-refractivity contribution in [1.29, 1.82) is 0 Å². The predicted molar refractivity (Wildman–Crippen MR) is 135 cm³/mol. The standard InChI is InChI=1S/C27H38N4O2/c1-19(28-5)25(32)29-24(27(2,3)4)26(33)31-17-11-16-23(31)20-12-10-15-22(18-20)30(6)21-13-8-7-9-14-21/h7-10,12-15,18-19,23-24,28H,11,16-17H2,1-6H3,(H,29,32)/t19-,23-,24+/m0/s1. The van der Waals surface area contributed by atoms with E-state index in [0.29, 0.717) is 6.54 Å². The topological polar surface area (TPSA) is 64.7 Å². The first-order valence-corrected chi connectivity index (χ1v) is 11.8. The zero-order chi connectivity index (χ0) is 24.2. The molecule has 33 heavy (non-hydrogen) atoms. The molecule has 1 fully saturated rings. The minimum absolute atomic E-state index is 0.00472. The van der Waals surface area contributed by atoms with Crippen LogP contribution in [0, 0.1) is 5.41 Å². The van der Waals surface area contributed by atoms with Gasteiger partial charge in [-0.25, -0.2) is 0 Å². The SMILES string of the molecule is CN[C@@H](C)C(=O)N[C@H](C(=O)N1CCC[C@H]1c1cccc(N(C)c2ccccc2)c1)C(C)(C)C. The summed E-state index contributed by atoms with van der Waals surface area (Å²) < 4.78 is 0. The highest BCUT2D eigenvalue weighted by Crippen LogP contribution is 2.36. The van der Waals surface area contributed by atoms with Crippen molar-refractivity contribution in [2.75, 3.05) is 25.5 Å². The molecule has 6 heteroatoms. The Morgan fingerprint density at radius 3 is 2.36 bits per heavy atom. The molecule has 2 aromatic rings. The molecule has 6 nitrogen and oxygen atoms in total. The quantitative estimate of drug-likeness (QED) is 0.662. The summed E-state index contributed by atoms with van der Waals surface area (Å²) in [6, 6.07) is 17.7. The van der Waals surface area contributed by atoms with Crippen molar-refractivity contribution in [3.8, 4) is 0 Å². The Bertz CT molecular complexity index is 954. The summed E-state index contributed by atoms with van der Waals surface area (Å²) in [7, 11) is 3.80. The molecule has 0 aromatic heterocycles. The number of benzene rings is 2. The van der Waals surface area contributed by atoms with Gasteiger partial charge in [-0.05, 0) is 62.1 Å². The highest BCUT2D eigenvalue weighted by Gasteiger charge is 2.40. The van der Waals surface area contributed by atoms with Crippen LogP contribution in [-0.2, 0) is 9.59 Å². The molecular formula is C27H38N4O2. The second-order valence-electron chi connectivity index (χ2n) is 10.00. The molecule has 2 amide bonds. The van der Waals surface area contributed by atoms with E-state index in [1.807, 2.05) is 43.9 Å². The van der Waals surface area contributed by atoms with E-state index in [1.54, 1.807) is 14.0 Å². The van der Waals surface area contributed by atoms with Crippen LogP contribution < -0.4 is 15.5 Å². The third-order valence-electron chi connectivity index (χ3n) is 6.55. The third-order valence-corrected chi connectivity index (χ3v) is 6.55. The maximum absolute atomic E-state index is 13.7. The van der Waals surface area contributed by atoms with Crippen molar-refractivity contribution in [1.82, 2.24) is 15.5 Å². The number of nitrogens with one attached hydrogen (secondary N) is 2. The number of anilines is 2. The van der Waals surface area contributed by atoms with Crippen molar-refractivity contribution < 1.29 is 9.59 Å². The van der Waals surface area contributed by atoms with Gasteiger partial charge >= 0.3 is 0 Å². The molecule has 3 atom stereocenters. The zero-order valence-corrected chi connectivity index (χ0v) is 20.8. The number of carbonyl (C=O) groups is 2. The summed E-state index contributed by atoms with van der Waals surface area (Å²) in [4.78, 5) is 30.5. The Hall–Kier alpha value is -2.86. The fraction of sp³-hybridized carbons (Fsp3) is 0.481. The van der Waals surface area contributed by atoms with Gasteiger partial charge in [0.05, 0.1) is 12.1 Å². The number of hydrogen-bond donors (Lipinski definition) is 2. The summed E-state index contributed by atoms with van der Waals surface area (Å²) in [6.07, 6.45) is 1.87. The molecule has 2 aromatic carbocycles. The van der Waals surface area contributed by atoms with Gasteiger partial charge in [-0.1, -0.05) is 51.1 Å². The Morgan fingerprint density at radius 2 is 1.73 bits per heavy atom. The van der Waals surface area contributed by atoms with E-state index in [2.05, 4.69) is 59.0 Å². The molecule has 0 saturated carbocycles. The van der Waals surface area contributed by atoms with Crippen LogP contribution in [0.25, 0.3) is 0 Å². The van der Waals surface area contributed by atoms with Gasteiger partial charge in [0.15, 0.2) is 0 Å².